The molecule has 0 saturated carbocycles. The first kappa shape index (κ1) is 15.3. The number of hydrogen-bond donors (Lipinski definition) is 1. The molecule has 1 aliphatic rings. The van der Waals surface area contributed by atoms with Gasteiger partial charge in [-0.25, -0.2) is 4.39 Å². The summed E-state index contributed by atoms with van der Waals surface area (Å²) >= 11 is 0. The molecule has 0 atom stereocenters. The average molecular weight is 278 g/mol. The molecule has 1 aromatic carbocycles. The van der Waals surface area contributed by atoms with Crippen LogP contribution in [-0.4, -0.2) is 19.6 Å². The minimum absolute atomic E-state index is 0.0802. The molecule has 20 heavy (non-hydrogen) atoms. The summed E-state index contributed by atoms with van der Waals surface area (Å²) in [5.41, 5.74) is 1.89. The molecule has 0 spiro atoms. The third-order valence-corrected chi connectivity index (χ3v) is 4.43. The number of piperidine rings is 1. The van der Waals surface area contributed by atoms with Gasteiger partial charge in [-0.3, -0.25) is 0 Å². The molecule has 1 N–H and O–H groups in total. The summed E-state index contributed by atoms with van der Waals surface area (Å²) in [4.78, 5) is 2.24. The van der Waals surface area contributed by atoms with E-state index in [0.717, 1.165) is 49.3 Å². The Bertz CT molecular complexity index is 423. The van der Waals surface area contributed by atoms with E-state index in [4.69, 9.17) is 0 Å². The standard InChI is InChI=1S/C17H27FN2/c1-4-19-12-15-6-5-7-16(18)17(15)20-10-8-14(9-11-20)13(2)3/h5-7,13-14,19H,4,8-12H2,1-3H3. The third kappa shape index (κ3) is 3.51. The van der Waals surface area contributed by atoms with Gasteiger partial charge < -0.3 is 10.2 Å². The van der Waals surface area contributed by atoms with Crippen LogP contribution >= 0.6 is 0 Å². The van der Waals surface area contributed by atoms with Crippen LogP contribution in [0, 0.1) is 17.7 Å². The Morgan fingerprint density at radius 3 is 2.60 bits per heavy atom. The summed E-state index contributed by atoms with van der Waals surface area (Å²) in [6, 6.07) is 5.43. The van der Waals surface area contributed by atoms with Crippen LogP contribution in [0.15, 0.2) is 18.2 Å². The lowest BCUT2D eigenvalue weighted by atomic mass is 9.86. The molecule has 3 heteroatoms. The zero-order valence-electron chi connectivity index (χ0n) is 13.0. The topological polar surface area (TPSA) is 15.3 Å². The van der Waals surface area contributed by atoms with Gasteiger partial charge in [-0.15, -0.1) is 0 Å². The number of para-hydroxylation sites is 1. The van der Waals surface area contributed by atoms with Crippen LogP contribution in [-0.2, 0) is 6.54 Å². The largest absolute Gasteiger partial charge is 0.369 e. The van der Waals surface area contributed by atoms with Crippen molar-refractivity contribution in [2.75, 3.05) is 24.5 Å². The molecule has 0 bridgehead atoms. The van der Waals surface area contributed by atoms with E-state index in [0.29, 0.717) is 0 Å². The van der Waals surface area contributed by atoms with Crippen molar-refractivity contribution >= 4 is 5.69 Å². The van der Waals surface area contributed by atoms with Crippen molar-refractivity contribution in [2.24, 2.45) is 11.8 Å². The van der Waals surface area contributed by atoms with Gasteiger partial charge in [0.25, 0.3) is 0 Å². The molecule has 0 unspecified atom stereocenters. The van der Waals surface area contributed by atoms with Crippen molar-refractivity contribution in [3.63, 3.8) is 0 Å². The fraction of sp³-hybridized carbons (Fsp3) is 0.647. The number of rotatable bonds is 5. The van der Waals surface area contributed by atoms with E-state index in [1.54, 1.807) is 6.07 Å². The van der Waals surface area contributed by atoms with Crippen LogP contribution in [0.4, 0.5) is 10.1 Å². The Balaban J connectivity index is 2.12. The van der Waals surface area contributed by atoms with E-state index in [1.165, 1.54) is 12.8 Å². The van der Waals surface area contributed by atoms with E-state index < -0.39 is 0 Å². The van der Waals surface area contributed by atoms with Gasteiger partial charge in [0.1, 0.15) is 5.82 Å². The molecule has 2 rings (SSSR count). The van der Waals surface area contributed by atoms with Gasteiger partial charge in [0.15, 0.2) is 0 Å². The highest BCUT2D eigenvalue weighted by Gasteiger charge is 2.24. The van der Waals surface area contributed by atoms with E-state index >= 15 is 0 Å². The van der Waals surface area contributed by atoms with Gasteiger partial charge in [0.05, 0.1) is 5.69 Å². The molecule has 0 amide bonds. The highest BCUT2D eigenvalue weighted by molar-refractivity contribution is 5.55. The Labute approximate surface area is 122 Å². The Hall–Kier alpha value is -1.09. The molecule has 2 nitrogen and oxygen atoms in total. The van der Waals surface area contributed by atoms with E-state index in [9.17, 15) is 4.39 Å². The molecule has 1 fully saturated rings. The van der Waals surface area contributed by atoms with Crippen LogP contribution in [0.1, 0.15) is 39.2 Å². The van der Waals surface area contributed by atoms with Crippen LogP contribution < -0.4 is 10.2 Å². The first-order valence-electron chi connectivity index (χ1n) is 7.86. The molecule has 1 aliphatic heterocycles. The lowest BCUT2D eigenvalue weighted by molar-refractivity contribution is 0.310. The van der Waals surface area contributed by atoms with Crippen LogP contribution in [0.5, 0.6) is 0 Å². The zero-order chi connectivity index (χ0) is 14.5. The number of halogens is 1. The lowest BCUT2D eigenvalue weighted by Crippen LogP contribution is -2.36. The number of anilines is 1. The van der Waals surface area contributed by atoms with Crippen molar-refractivity contribution in [3.05, 3.63) is 29.6 Å². The third-order valence-electron chi connectivity index (χ3n) is 4.43. The van der Waals surface area contributed by atoms with Crippen LogP contribution in [0.2, 0.25) is 0 Å². The number of benzene rings is 1. The molecule has 1 heterocycles. The minimum atomic E-state index is -0.0802. The maximum absolute atomic E-state index is 14.2. The number of nitrogens with zero attached hydrogens (tertiary/aromatic N) is 1. The van der Waals surface area contributed by atoms with Crippen LogP contribution in [0.25, 0.3) is 0 Å². The van der Waals surface area contributed by atoms with Gasteiger partial charge in [0, 0.05) is 19.6 Å². The summed E-state index contributed by atoms with van der Waals surface area (Å²) in [5, 5.41) is 3.30. The van der Waals surface area contributed by atoms with Crippen molar-refractivity contribution in [3.8, 4) is 0 Å². The smallest absolute Gasteiger partial charge is 0.146 e. The number of nitrogens with one attached hydrogen (secondary N) is 1. The van der Waals surface area contributed by atoms with Gasteiger partial charge in [-0.2, -0.15) is 0 Å². The number of hydrogen-bond acceptors (Lipinski definition) is 2. The molecule has 0 radical (unpaired) electrons. The molecule has 1 aromatic rings. The normalized spacial score (nSPS) is 16.9. The molecular formula is C17H27FN2. The van der Waals surface area contributed by atoms with Crippen molar-refractivity contribution < 1.29 is 4.39 Å². The van der Waals surface area contributed by atoms with E-state index in [2.05, 4.69) is 31.0 Å². The van der Waals surface area contributed by atoms with Gasteiger partial charge in [0.2, 0.25) is 0 Å². The second-order valence-electron chi connectivity index (χ2n) is 6.10. The van der Waals surface area contributed by atoms with E-state index in [1.807, 2.05) is 12.1 Å². The Morgan fingerprint density at radius 1 is 1.30 bits per heavy atom. The minimum Gasteiger partial charge on any atom is -0.369 e. The summed E-state index contributed by atoms with van der Waals surface area (Å²) in [5.74, 6) is 1.44. The SMILES string of the molecule is CCNCc1cccc(F)c1N1CCC(C(C)C)CC1. The Morgan fingerprint density at radius 2 is 2.00 bits per heavy atom. The second kappa shape index (κ2) is 7.07. The predicted octanol–water partition coefficient (Wildman–Crippen LogP) is 3.81. The fourth-order valence-corrected chi connectivity index (χ4v) is 3.11. The molecule has 112 valence electrons. The fourth-order valence-electron chi connectivity index (χ4n) is 3.11. The first-order chi connectivity index (χ1) is 9.63. The molecule has 0 aliphatic carbocycles. The van der Waals surface area contributed by atoms with Gasteiger partial charge >= 0.3 is 0 Å². The molecule has 1 saturated heterocycles. The predicted molar refractivity (Wildman–Crippen MR) is 83.6 cm³/mol. The average Bonchev–Trinajstić information content (AvgIpc) is 2.45. The van der Waals surface area contributed by atoms with Crippen molar-refractivity contribution in [1.29, 1.82) is 0 Å². The molecular weight excluding hydrogens is 251 g/mol. The quantitative estimate of drug-likeness (QED) is 0.881. The van der Waals surface area contributed by atoms with E-state index in [-0.39, 0.29) is 5.82 Å². The van der Waals surface area contributed by atoms with Crippen molar-refractivity contribution in [1.82, 2.24) is 5.32 Å². The van der Waals surface area contributed by atoms with Gasteiger partial charge in [-0.1, -0.05) is 32.9 Å². The highest BCUT2D eigenvalue weighted by Crippen LogP contribution is 2.31. The van der Waals surface area contributed by atoms with Gasteiger partial charge in [-0.05, 0) is 42.9 Å². The highest BCUT2D eigenvalue weighted by atomic mass is 19.1. The zero-order valence-corrected chi connectivity index (χ0v) is 13.0. The van der Waals surface area contributed by atoms with Crippen molar-refractivity contribution in [2.45, 2.75) is 40.2 Å². The lowest BCUT2D eigenvalue weighted by Gasteiger charge is -2.36. The molecule has 0 aromatic heterocycles. The summed E-state index contributed by atoms with van der Waals surface area (Å²) in [7, 11) is 0. The van der Waals surface area contributed by atoms with Crippen LogP contribution in [0.3, 0.4) is 0 Å². The summed E-state index contributed by atoms with van der Waals surface area (Å²) in [6.45, 7) is 10.3. The maximum Gasteiger partial charge on any atom is 0.146 e. The maximum atomic E-state index is 14.2. The monoisotopic (exact) mass is 278 g/mol. The Kier molecular flexibility index (Phi) is 5.41. The summed E-state index contributed by atoms with van der Waals surface area (Å²) < 4.78 is 14.2. The first-order valence-corrected chi connectivity index (χ1v) is 7.86. The second-order valence-corrected chi connectivity index (χ2v) is 6.10. The summed E-state index contributed by atoms with van der Waals surface area (Å²) in [6.07, 6.45) is 2.35.